The standard InChI is InChI=1S/C14H17FN2S/c1-3-12(14-5-4-8-18-14)17-10(2)13-7-6-11(15)9-16-13/h4-10,12,17H,3H2,1-2H3. The molecule has 2 heterocycles. The molecular formula is C14H17FN2S. The van der Waals surface area contributed by atoms with E-state index in [1.54, 1.807) is 17.4 Å². The third-order valence-electron chi connectivity index (χ3n) is 2.94. The fourth-order valence-corrected chi connectivity index (χ4v) is 2.79. The molecule has 2 aromatic heterocycles. The zero-order valence-corrected chi connectivity index (χ0v) is 11.4. The molecule has 0 amide bonds. The summed E-state index contributed by atoms with van der Waals surface area (Å²) < 4.78 is 12.8. The SMILES string of the molecule is CCC(NC(C)c1ccc(F)cn1)c1cccs1. The molecule has 0 saturated heterocycles. The molecule has 0 saturated carbocycles. The van der Waals surface area contributed by atoms with Crippen molar-refractivity contribution >= 4 is 11.3 Å². The number of nitrogens with one attached hydrogen (secondary N) is 1. The molecule has 0 aliphatic carbocycles. The van der Waals surface area contributed by atoms with Gasteiger partial charge in [0.2, 0.25) is 0 Å². The van der Waals surface area contributed by atoms with Crippen molar-refractivity contribution < 1.29 is 4.39 Å². The highest BCUT2D eigenvalue weighted by Gasteiger charge is 2.15. The first-order valence-corrected chi connectivity index (χ1v) is 6.99. The van der Waals surface area contributed by atoms with Gasteiger partial charge in [-0.1, -0.05) is 13.0 Å². The molecule has 1 N–H and O–H groups in total. The summed E-state index contributed by atoms with van der Waals surface area (Å²) >= 11 is 1.75. The third-order valence-corrected chi connectivity index (χ3v) is 3.93. The van der Waals surface area contributed by atoms with Crippen molar-refractivity contribution in [2.24, 2.45) is 0 Å². The first kappa shape index (κ1) is 13.2. The van der Waals surface area contributed by atoms with E-state index in [-0.39, 0.29) is 11.9 Å². The van der Waals surface area contributed by atoms with E-state index in [4.69, 9.17) is 0 Å². The normalized spacial score (nSPS) is 14.4. The zero-order valence-electron chi connectivity index (χ0n) is 10.6. The summed E-state index contributed by atoms with van der Waals surface area (Å²) in [5.41, 5.74) is 0.867. The Morgan fingerprint density at radius 3 is 2.78 bits per heavy atom. The van der Waals surface area contributed by atoms with Crippen LogP contribution >= 0.6 is 11.3 Å². The molecule has 0 aliphatic rings. The number of nitrogens with zero attached hydrogens (tertiary/aromatic N) is 1. The highest BCUT2D eigenvalue weighted by molar-refractivity contribution is 7.10. The summed E-state index contributed by atoms with van der Waals surface area (Å²) in [5, 5.41) is 5.61. The molecule has 2 rings (SSSR count). The van der Waals surface area contributed by atoms with Gasteiger partial charge in [-0.2, -0.15) is 0 Å². The van der Waals surface area contributed by atoms with Crippen LogP contribution in [0.25, 0.3) is 0 Å². The number of rotatable bonds is 5. The van der Waals surface area contributed by atoms with Gasteiger partial charge in [-0.3, -0.25) is 4.98 Å². The topological polar surface area (TPSA) is 24.9 Å². The summed E-state index contributed by atoms with van der Waals surface area (Å²) in [6.07, 6.45) is 2.28. The number of hydrogen-bond donors (Lipinski definition) is 1. The Labute approximate surface area is 111 Å². The van der Waals surface area contributed by atoms with Crippen molar-refractivity contribution in [2.75, 3.05) is 0 Å². The van der Waals surface area contributed by atoms with Gasteiger partial charge in [-0.25, -0.2) is 4.39 Å². The molecule has 2 nitrogen and oxygen atoms in total. The monoisotopic (exact) mass is 264 g/mol. The Morgan fingerprint density at radius 1 is 1.39 bits per heavy atom. The fourth-order valence-electron chi connectivity index (χ4n) is 1.92. The highest BCUT2D eigenvalue weighted by Crippen LogP contribution is 2.24. The van der Waals surface area contributed by atoms with Gasteiger partial charge in [-0.05, 0) is 36.9 Å². The predicted molar refractivity (Wildman–Crippen MR) is 73.1 cm³/mol. The maximum atomic E-state index is 12.8. The highest BCUT2D eigenvalue weighted by atomic mass is 32.1. The predicted octanol–water partition coefficient (Wildman–Crippen LogP) is 4.08. The first-order valence-electron chi connectivity index (χ1n) is 6.11. The zero-order chi connectivity index (χ0) is 13.0. The molecule has 18 heavy (non-hydrogen) atoms. The van der Waals surface area contributed by atoms with Crippen LogP contribution < -0.4 is 5.32 Å². The van der Waals surface area contributed by atoms with Gasteiger partial charge in [0.25, 0.3) is 0 Å². The largest absolute Gasteiger partial charge is 0.301 e. The van der Waals surface area contributed by atoms with Gasteiger partial charge in [0.15, 0.2) is 0 Å². The van der Waals surface area contributed by atoms with E-state index >= 15 is 0 Å². The van der Waals surface area contributed by atoms with Crippen LogP contribution in [0.2, 0.25) is 0 Å². The van der Waals surface area contributed by atoms with E-state index in [1.165, 1.54) is 17.1 Å². The number of thiophene rings is 1. The van der Waals surface area contributed by atoms with Gasteiger partial charge in [0, 0.05) is 17.0 Å². The smallest absolute Gasteiger partial charge is 0.141 e. The minimum absolute atomic E-state index is 0.109. The average molecular weight is 264 g/mol. The lowest BCUT2D eigenvalue weighted by molar-refractivity contribution is 0.454. The van der Waals surface area contributed by atoms with Crippen molar-refractivity contribution in [1.82, 2.24) is 10.3 Å². The molecule has 0 aliphatic heterocycles. The maximum Gasteiger partial charge on any atom is 0.141 e. The van der Waals surface area contributed by atoms with Crippen molar-refractivity contribution in [3.63, 3.8) is 0 Å². The lowest BCUT2D eigenvalue weighted by Crippen LogP contribution is -2.24. The number of hydrogen-bond acceptors (Lipinski definition) is 3. The van der Waals surface area contributed by atoms with Gasteiger partial charge in [-0.15, -0.1) is 11.3 Å². The summed E-state index contributed by atoms with van der Waals surface area (Å²) in [6, 6.07) is 7.81. The minimum Gasteiger partial charge on any atom is -0.301 e. The van der Waals surface area contributed by atoms with E-state index in [0.29, 0.717) is 6.04 Å². The maximum absolute atomic E-state index is 12.8. The van der Waals surface area contributed by atoms with Crippen LogP contribution in [0.5, 0.6) is 0 Å². The van der Waals surface area contributed by atoms with Crippen molar-refractivity contribution in [2.45, 2.75) is 32.4 Å². The Kier molecular flexibility index (Phi) is 4.44. The molecule has 0 bridgehead atoms. The molecule has 0 fully saturated rings. The summed E-state index contributed by atoms with van der Waals surface area (Å²) in [5.74, 6) is -0.295. The number of aromatic nitrogens is 1. The van der Waals surface area contributed by atoms with E-state index in [0.717, 1.165) is 12.1 Å². The van der Waals surface area contributed by atoms with Gasteiger partial charge < -0.3 is 5.32 Å². The molecule has 2 unspecified atom stereocenters. The molecule has 0 aromatic carbocycles. The Hall–Kier alpha value is -1.26. The molecular weight excluding hydrogens is 247 g/mol. The first-order chi connectivity index (χ1) is 8.70. The van der Waals surface area contributed by atoms with Crippen molar-refractivity contribution in [3.05, 3.63) is 52.2 Å². The van der Waals surface area contributed by atoms with Crippen LogP contribution in [0.15, 0.2) is 35.8 Å². The van der Waals surface area contributed by atoms with E-state index < -0.39 is 0 Å². The quantitative estimate of drug-likeness (QED) is 0.880. The van der Waals surface area contributed by atoms with Gasteiger partial charge in [0.05, 0.1) is 11.9 Å². The second kappa shape index (κ2) is 6.07. The van der Waals surface area contributed by atoms with Crippen LogP contribution in [0.4, 0.5) is 4.39 Å². The van der Waals surface area contributed by atoms with E-state index in [1.807, 2.05) is 0 Å². The average Bonchev–Trinajstić information content (AvgIpc) is 2.90. The van der Waals surface area contributed by atoms with Crippen LogP contribution in [0, 0.1) is 5.82 Å². The van der Waals surface area contributed by atoms with Crippen molar-refractivity contribution in [1.29, 1.82) is 0 Å². The van der Waals surface area contributed by atoms with Gasteiger partial charge in [0.1, 0.15) is 5.82 Å². The lowest BCUT2D eigenvalue weighted by Gasteiger charge is -2.21. The molecule has 96 valence electrons. The molecule has 4 heteroatoms. The van der Waals surface area contributed by atoms with Crippen LogP contribution in [0.3, 0.4) is 0 Å². The van der Waals surface area contributed by atoms with Crippen LogP contribution in [0.1, 0.15) is 42.9 Å². The second-order valence-electron chi connectivity index (χ2n) is 4.27. The second-order valence-corrected chi connectivity index (χ2v) is 5.25. The molecule has 0 spiro atoms. The van der Waals surface area contributed by atoms with Crippen LogP contribution in [-0.4, -0.2) is 4.98 Å². The Balaban J connectivity index is 2.05. The van der Waals surface area contributed by atoms with E-state index in [2.05, 4.69) is 41.7 Å². The Morgan fingerprint density at radius 2 is 2.22 bits per heavy atom. The van der Waals surface area contributed by atoms with Gasteiger partial charge >= 0.3 is 0 Å². The molecule has 2 atom stereocenters. The molecule has 0 radical (unpaired) electrons. The minimum atomic E-state index is -0.295. The summed E-state index contributed by atoms with van der Waals surface area (Å²) in [7, 11) is 0. The summed E-state index contributed by atoms with van der Waals surface area (Å²) in [6.45, 7) is 4.21. The lowest BCUT2D eigenvalue weighted by atomic mass is 10.1. The number of pyridine rings is 1. The third kappa shape index (κ3) is 3.15. The van der Waals surface area contributed by atoms with Crippen molar-refractivity contribution in [3.8, 4) is 0 Å². The van der Waals surface area contributed by atoms with Crippen LogP contribution in [-0.2, 0) is 0 Å². The molecule has 2 aromatic rings. The van der Waals surface area contributed by atoms with E-state index in [9.17, 15) is 4.39 Å². The number of halogens is 1. The fraction of sp³-hybridized carbons (Fsp3) is 0.357. The summed E-state index contributed by atoms with van der Waals surface area (Å²) in [4.78, 5) is 5.44. The Bertz CT molecular complexity index is 467.